The molecule has 3 aromatic carbocycles. The van der Waals surface area contributed by atoms with Crippen molar-refractivity contribution in [3.63, 3.8) is 0 Å². The molecule has 3 aliphatic heterocycles. The Bertz CT molecular complexity index is 3230. The lowest BCUT2D eigenvalue weighted by atomic mass is 9.93. The number of esters is 1. The van der Waals surface area contributed by atoms with Crippen LogP contribution >= 0.6 is 0 Å². The largest absolute Gasteiger partial charge is 0.508 e. The number of fused-ring (bicyclic) bond motifs is 6. The first-order valence-electron chi connectivity index (χ1n) is 22.8. The van der Waals surface area contributed by atoms with Crippen LogP contribution in [-0.2, 0) is 40.4 Å². The van der Waals surface area contributed by atoms with Gasteiger partial charge >= 0.3 is 12.1 Å². The summed E-state index contributed by atoms with van der Waals surface area (Å²) in [6.45, 7) is 9.73. The standard InChI is InChI=1S/C50H50N8O9/c1-5-31-33-20-30(59)8-9-38(33)52-43-36(31)24-57-40(43)22-34-37(48(57)63)25-66-49(64)44(34)67-50(65)56-16-12-27(13-17-56)11-15-55-18-14-28-19-29(7-10-39(28)55)58-45(53-54-46(58)47(62)51-6-2)35-21-32(26(3)4)41(60)23-42(35)61/h7-10,14,18-23,26-27,44,59-61H,5-6,11-13,15-17,24-25H2,1-4H3,(H,51,62). The van der Waals surface area contributed by atoms with Crippen LogP contribution in [0, 0.1) is 5.92 Å². The van der Waals surface area contributed by atoms with E-state index in [1.165, 1.54) is 6.07 Å². The topological polar surface area (TPSA) is 216 Å². The molecule has 0 bridgehead atoms. The van der Waals surface area contributed by atoms with E-state index in [4.69, 9.17) is 14.5 Å². The van der Waals surface area contributed by atoms with Crippen molar-refractivity contribution in [2.75, 3.05) is 19.6 Å². The predicted molar refractivity (Wildman–Crippen MR) is 247 cm³/mol. The Labute approximate surface area is 384 Å². The number of aromatic hydroxyl groups is 3. The highest BCUT2D eigenvalue weighted by Gasteiger charge is 2.39. The summed E-state index contributed by atoms with van der Waals surface area (Å²) in [5.74, 6) is -0.671. The van der Waals surface area contributed by atoms with Gasteiger partial charge in [0.25, 0.3) is 11.5 Å². The second-order valence-electron chi connectivity index (χ2n) is 17.8. The third kappa shape index (κ3) is 7.47. The minimum atomic E-state index is -1.41. The number of pyridine rings is 2. The van der Waals surface area contributed by atoms with Crippen LogP contribution in [0.15, 0.2) is 71.7 Å². The number of nitrogens with zero attached hydrogens (tertiary/aromatic N) is 7. The van der Waals surface area contributed by atoms with E-state index in [9.17, 15) is 34.5 Å². The van der Waals surface area contributed by atoms with Crippen molar-refractivity contribution in [3.8, 4) is 45.7 Å². The number of benzene rings is 3. The molecular weight excluding hydrogens is 857 g/mol. The van der Waals surface area contributed by atoms with Crippen LogP contribution in [-0.4, -0.2) is 86.7 Å². The van der Waals surface area contributed by atoms with Crippen LogP contribution in [0.25, 0.3) is 50.3 Å². The zero-order valence-electron chi connectivity index (χ0n) is 37.6. The van der Waals surface area contributed by atoms with E-state index in [1.54, 1.807) is 44.4 Å². The van der Waals surface area contributed by atoms with Gasteiger partial charge in [0.2, 0.25) is 11.9 Å². The number of hydrogen-bond donors (Lipinski definition) is 4. The van der Waals surface area contributed by atoms with Gasteiger partial charge in [-0.25, -0.2) is 14.6 Å². The molecular formula is C50H50N8O9. The Balaban J connectivity index is 0.823. The highest BCUT2D eigenvalue weighted by Crippen LogP contribution is 2.41. The van der Waals surface area contributed by atoms with Crippen LogP contribution in [0.3, 0.4) is 0 Å². The Morgan fingerprint density at radius 2 is 1.75 bits per heavy atom. The van der Waals surface area contributed by atoms with Crippen LogP contribution in [0.5, 0.6) is 17.2 Å². The Morgan fingerprint density at radius 1 is 0.940 bits per heavy atom. The zero-order valence-corrected chi connectivity index (χ0v) is 37.6. The maximum Gasteiger partial charge on any atom is 0.410 e. The van der Waals surface area contributed by atoms with Gasteiger partial charge in [-0.2, -0.15) is 0 Å². The van der Waals surface area contributed by atoms with E-state index < -0.39 is 24.1 Å². The molecule has 1 unspecified atom stereocenters. The van der Waals surface area contributed by atoms with Crippen molar-refractivity contribution < 1.29 is 39.2 Å². The van der Waals surface area contributed by atoms with E-state index in [0.717, 1.165) is 53.2 Å². The minimum absolute atomic E-state index is 0.0334. The lowest BCUT2D eigenvalue weighted by molar-refractivity contribution is -0.158. The minimum Gasteiger partial charge on any atom is -0.508 e. The fraction of sp³-hybridized carbons (Fsp3) is 0.340. The molecule has 17 nitrogen and oxygen atoms in total. The highest BCUT2D eigenvalue weighted by atomic mass is 16.6. The smallest absolute Gasteiger partial charge is 0.410 e. The molecule has 4 N–H and O–H groups in total. The summed E-state index contributed by atoms with van der Waals surface area (Å²) in [4.78, 5) is 60.6. The molecule has 2 amide bonds. The maximum absolute atomic E-state index is 14.0. The summed E-state index contributed by atoms with van der Waals surface area (Å²) in [5.41, 5.74) is 6.50. The normalized spacial score (nSPS) is 15.7. The fourth-order valence-electron chi connectivity index (χ4n) is 9.95. The molecule has 17 heteroatoms. The first-order chi connectivity index (χ1) is 32.3. The molecule has 1 atom stereocenters. The first-order valence-corrected chi connectivity index (χ1v) is 22.8. The Kier molecular flexibility index (Phi) is 10.9. The molecule has 10 rings (SSSR count). The van der Waals surface area contributed by atoms with Gasteiger partial charge in [0.15, 0.2) is 5.82 Å². The molecule has 0 spiro atoms. The van der Waals surface area contributed by atoms with Gasteiger partial charge in [-0.1, -0.05) is 20.8 Å². The number of phenols is 3. The monoisotopic (exact) mass is 906 g/mol. The van der Waals surface area contributed by atoms with Crippen molar-refractivity contribution in [1.29, 1.82) is 0 Å². The molecule has 3 aliphatic rings. The summed E-state index contributed by atoms with van der Waals surface area (Å²) >= 11 is 0. The number of phenolic OH excluding ortho intramolecular Hbond substituents is 3. The number of ether oxygens (including phenoxy) is 2. The lowest BCUT2D eigenvalue weighted by Gasteiger charge is -2.33. The van der Waals surface area contributed by atoms with Gasteiger partial charge in [0.1, 0.15) is 23.9 Å². The predicted octanol–water partition coefficient (Wildman–Crippen LogP) is 7.22. The van der Waals surface area contributed by atoms with Crippen molar-refractivity contribution in [2.24, 2.45) is 5.92 Å². The van der Waals surface area contributed by atoms with Crippen molar-refractivity contribution in [1.82, 2.24) is 39.1 Å². The van der Waals surface area contributed by atoms with Crippen LogP contribution in [0.2, 0.25) is 0 Å². The van der Waals surface area contributed by atoms with Crippen molar-refractivity contribution in [2.45, 2.75) is 85.1 Å². The maximum atomic E-state index is 14.0. The fourth-order valence-corrected chi connectivity index (χ4v) is 9.95. The number of likely N-dealkylation sites (tertiary alicyclic amines) is 1. The van der Waals surface area contributed by atoms with E-state index in [1.807, 2.05) is 58.2 Å². The van der Waals surface area contributed by atoms with Crippen LogP contribution < -0.4 is 10.9 Å². The summed E-state index contributed by atoms with van der Waals surface area (Å²) in [6, 6.07) is 17.5. The zero-order chi connectivity index (χ0) is 46.8. The Morgan fingerprint density at radius 3 is 2.51 bits per heavy atom. The quantitative estimate of drug-likeness (QED) is 0.100. The number of hydrogen-bond acceptors (Lipinski definition) is 12. The van der Waals surface area contributed by atoms with Crippen molar-refractivity contribution >= 4 is 39.8 Å². The molecule has 1 fully saturated rings. The molecule has 67 heavy (non-hydrogen) atoms. The van der Waals surface area contributed by atoms with E-state index >= 15 is 0 Å². The van der Waals surface area contributed by atoms with Gasteiger partial charge in [0, 0.05) is 65.9 Å². The molecule has 0 aliphatic carbocycles. The lowest BCUT2D eigenvalue weighted by Crippen LogP contribution is -2.41. The van der Waals surface area contributed by atoms with E-state index in [2.05, 4.69) is 20.1 Å². The van der Waals surface area contributed by atoms with Crippen LogP contribution in [0.4, 0.5) is 4.79 Å². The van der Waals surface area contributed by atoms with Gasteiger partial charge in [-0.3, -0.25) is 14.2 Å². The molecule has 4 aromatic heterocycles. The summed E-state index contributed by atoms with van der Waals surface area (Å²) in [5, 5.41) is 44.8. The molecule has 344 valence electrons. The number of cyclic esters (lactones) is 1. The number of rotatable bonds is 10. The van der Waals surface area contributed by atoms with Crippen LogP contribution in [0.1, 0.15) is 97.4 Å². The Hall–Kier alpha value is -7.69. The summed E-state index contributed by atoms with van der Waals surface area (Å²) < 4.78 is 16.7. The third-order valence-corrected chi connectivity index (χ3v) is 13.5. The van der Waals surface area contributed by atoms with Gasteiger partial charge < -0.3 is 44.1 Å². The molecule has 0 radical (unpaired) electrons. The summed E-state index contributed by atoms with van der Waals surface area (Å²) in [7, 11) is 0. The number of piperidine rings is 1. The number of carbonyl (C=O) groups is 3. The number of aromatic nitrogens is 6. The number of nitrogens with one attached hydrogen (secondary N) is 1. The second kappa shape index (κ2) is 16.9. The highest BCUT2D eigenvalue weighted by molar-refractivity contribution is 5.93. The van der Waals surface area contributed by atoms with Gasteiger partial charge in [0.05, 0.1) is 40.3 Å². The molecule has 1 saturated heterocycles. The van der Waals surface area contributed by atoms with Gasteiger partial charge in [-0.15, -0.1) is 10.2 Å². The first kappa shape index (κ1) is 43.2. The number of aryl methyl sites for hydroxylation is 2. The SMILES string of the molecule is CCNC(=O)c1nnc(-c2cc(C(C)C)c(O)cc2O)n1-c1ccc2c(ccn2CCC2CCN(C(=O)OC3C(=O)OCc4c3cc3n(c4=O)Cc4c-3nc3ccc(O)cc3c4CC)CC2)c1. The molecule has 7 aromatic rings. The van der Waals surface area contributed by atoms with E-state index in [-0.39, 0.29) is 59.1 Å². The van der Waals surface area contributed by atoms with Crippen molar-refractivity contribution in [3.05, 3.63) is 111 Å². The van der Waals surface area contributed by atoms with E-state index in [0.29, 0.717) is 71.3 Å². The van der Waals surface area contributed by atoms with Gasteiger partial charge in [-0.05, 0) is 110 Å². The molecule has 7 heterocycles. The average molecular weight is 907 g/mol. The number of amides is 2. The average Bonchev–Trinajstić information content (AvgIpc) is 4.04. The molecule has 0 saturated carbocycles. The third-order valence-electron chi connectivity index (χ3n) is 13.5. The summed E-state index contributed by atoms with van der Waals surface area (Å²) in [6.07, 6.45) is 2.94. The number of carbonyl (C=O) groups excluding carboxylic acids is 3. The second-order valence-corrected chi connectivity index (χ2v) is 17.8.